The van der Waals surface area contributed by atoms with Crippen LogP contribution >= 0.6 is 0 Å². The lowest BCUT2D eigenvalue weighted by molar-refractivity contribution is -0.146. The third-order valence-corrected chi connectivity index (χ3v) is 3.56. The molecule has 1 aromatic rings. The Bertz CT molecular complexity index is 552. The first-order chi connectivity index (χ1) is 9.99. The van der Waals surface area contributed by atoms with Crippen LogP contribution in [0.4, 0.5) is 11.5 Å². The average molecular weight is 289 g/mol. The zero-order valence-corrected chi connectivity index (χ0v) is 12.1. The van der Waals surface area contributed by atoms with Gasteiger partial charge in [-0.1, -0.05) is 12.2 Å². The largest absolute Gasteiger partial charge is 0.481 e. The average Bonchev–Trinajstić information content (AvgIpc) is 2.47. The number of pyridine rings is 1. The van der Waals surface area contributed by atoms with Gasteiger partial charge >= 0.3 is 5.97 Å². The summed E-state index contributed by atoms with van der Waals surface area (Å²) >= 11 is 0. The molecule has 0 unspecified atom stereocenters. The van der Waals surface area contributed by atoms with E-state index >= 15 is 0 Å². The fourth-order valence-electron chi connectivity index (χ4n) is 2.34. The molecule has 2 atom stereocenters. The standard InChI is InChI=1S/C15H19N3O3/c1-18(2)13-8-7-10(9-16-13)17-14(19)11-5-3-4-6-12(11)15(20)21/h3-4,7-9,11-12H,5-6H2,1-2H3,(H,17,19)(H,20,21)/t11-,12+/m1/s1. The lowest BCUT2D eigenvalue weighted by Crippen LogP contribution is -2.34. The number of carbonyl (C=O) groups is 2. The van der Waals surface area contributed by atoms with E-state index in [9.17, 15) is 14.7 Å². The summed E-state index contributed by atoms with van der Waals surface area (Å²) in [5.74, 6) is -1.62. The van der Waals surface area contributed by atoms with Gasteiger partial charge in [-0.2, -0.15) is 0 Å². The number of nitrogens with one attached hydrogen (secondary N) is 1. The van der Waals surface area contributed by atoms with E-state index in [1.165, 1.54) is 0 Å². The van der Waals surface area contributed by atoms with E-state index in [2.05, 4.69) is 10.3 Å². The minimum Gasteiger partial charge on any atom is -0.481 e. The predicted octanol–water partition coefficient (Wildman–Crippen LogP) is 1.75. The first-order valence-electron chi connectivity index (χ1n) is 6.81. The first-order valence-corrected chi connectivity index (χ1v) is 6.81. The number of hydrogen-bond acceptors (Lipinski definition) is 4. The molecule has 6 nitrogen and oxygen atoms in total. The number of carboxylic acids is 1. The van der Waals surface area contributed by atoms with Crippen molar-refractivity contribution < 1.29 is 14.7 Å². The number of allylic oxidation sites excluding steroid dienone is 2. The number of amides is 1. The summed E-state index contributed by atoms with van der Waals surface area (Å²) in [6, 6.07) is 3.56. The molecule has 6 heteroatoms. The van der Waals surface area contributed by atoms with Crippen LogP contribution in [0.5, 0.6) is 0 Å². The number of aromatic nitrogens is 1. The third-order valence-electron chi connectivity index (χ3n) is 3.56. The lowest BCUT2D eigenvalue weighted by Gasteiger charge is -2.24. The number of aliphatic carboxylic acids is 1. The van der Waals surface area contributed by atoms with Crippen molar-refractivity contribution in [3.8, 4) is 0 Å². The first kappa shape index (κ1) is 15.0. The summed E-state index contributed by atoms with van der Waals surface area (Å²) in [7, 11) is 3.76. The van der Waals surface area contributed by atoms with Crippen molar-refractivity contribution in [2.24, 2.45) is 11.8 Å². The number of hydrogen-bond donors (Lipinski definition) is 2. The van der Waals surface area contributed by atoms with Crippen LogP contribution in [0.15, 0.2) is 30.5 Å². The van der Waals surface area contributed by atoms with Crippen molar-refractivity contribution in [2.45, 2.75) is 12.8 Å². The molecule has 112 valence electrons. The van der Waals surface area contributed by atoms with Crippen molar-refractivity contribution in [2.75, 3.05) is 24.3 Å². The van der Waals surface area contributed by atoms with Gasteiger partial charge in [0.2, 0.25) is 5.91 Å². The normalized spacial score (nSPS) is 20.9. The molecular weight excluding hydrogens is 270 g/mol. The molecular formula is C15H19N3O3. The van der Waals surface area contributed by atoms with Crippen LogP contribution in [0.2, 0.25) is 0 Å². The molecule has 1 aliphatic carbocycles. The van der Waals surface area contributed by atoms with Crippen molar-refractivity contribution in [3.05, 3.63) is 30.5 Å². The molecule has 0 saturated heterocycles. The maximum atomic E-state index is 12.3. The van der Waals surface area contributed by atoms with E-state index < -0.39 is 17.8 Å². The summed E-state index contributed by atoms with van der Waals surface area (Å²) in [6.45, 7) is 0. The van der Waals surface area contributed by atoms with Gasteiger partial charge in [-0.05, 0) is 25.0 Å². The maximum absolute atomic E-state index is 12.3. The number of anilines is 2. The molecule has 0 aliphatic heterocycles. The van der Waals surface area contributed by atoms with Gasteiger partial charge in [0.05, 0.1) is 23.7 Å². The number of rotatable bonds is 4. The molecule has 0 fully saturated rings. The van der Waals surface area contributed by atoms with E-state index in [1.807, 2.05) is 31.1 Å². The summed E-state index contributed by atoms with van der Waals surface area (Å²) < 4.78 is 0. The van der Waals surface area contributed by atoms with Crippen LogP contribution in [0.25, 0.3) is 0 Å². The highest BCUT2D eigenvalue weighted by Gasteiger charge is 2.33. The van der Waals surface area contributed by atoms with E-state index in [4.69, 9.17) is 0 Å². The molecule has 1 amide bonds. The highest BCUT2D eigenvalue weighted by Crippen LogP contribution is 2.27. The number of carboxylic acid groups (broad SMARTS) is 1. The summed E-state index contributed by atoms with van der Waals surface area (Å²) in [5, 5.41) is 11.9. The van der Waals surface area contributed by atoms with Gasteiger partial charge in [0.15, 0.2) is 0 Å². The van der Waals surface area contributed by atoms with Gasteiger partial charge in [-0.3, -0.25) is 9.59 Å². The number of carbonyl (C=O) groups excluding carboxylic acids is 1. The van der Waals surface area contributed by atoms with Crippen LogP contribution in [0, 0.1) is 11.8 Å². The van der Waals surface area contributed by atoms with E-state index in [-0.39, 0.29) is 5.91 Å². The molecule has 21 heavy (non-hydrogen) atoms. The second-order valence-electron chi connectivity index (χ2n) is 5.28. The van der Waals surface area contributed by atoms with Crippen LogP contribution in [-0.4, -0.2) is 36.1 Å². The van der Waals surface area contributed by atoms with Crippen LogP contribution < -0.4 is 10.2 Å². The summed E-state index contributed by atoms with van der Waals surface area (Å²) in [6.07, 6.45) is 6.09. The fraction of sp³-hybridized carbons (Fsp3) is 0.400. The Morgan fingerprint density at radius 3 is 2.43 bits per heavy atom. The molecule has 0 radical (unpaired) electrons. The zero-order valence-electron chi connectivity index (χ0n) is 12.1. The SMILES string of the molecule is CN(C)c1ccc(NC(=O)[C@@H]2CC=CC[C@@H]2C(=O)O)cn1. The highest BCUT2D eigenvalue weighted by atomic mass is 16.4. The topological polar surface area (TPSA) is 82.5 Å². The highest BCUT2D eigenvalue weighted by molar-refractivity contribution is 5.95. The fourth-order valence-corrected chi connectivity index (χ4v) is 2.34. The van der Waals surface area contributed by atoms with E-state index in [1.54, 1.807) is 18.3 Å². The molecule has 0 spiro atoms. The quantitative estimate of drug-likeness (QED) is 0.825. The van der Waals surface area contributed by atoms with E-state index in [0.717, 1.165) is 5.82 Å². The molecule has 0 aromatic carbocycles. The smallest absolute Gasteiger partial charge is 0.307 e. The van der Waals surface area contributed by atoms with Gasteiger partial charge < -0.3 is 15.3 Å². The predicted molar refractivity (Wildman–Crippen MR) is 80.2 cm³/mol. The second kappa shape index (κ2) is 6.39. The molecule has 1 heterocycles. The Morgan fingerprint density at radius 1 is 1.24 bits per heavy atom. The van der Waals surface area contributed by atoms with Crippen molar-refractivity contribution in [3.63, 3.8) is 0 Å². The molecule has 1 aliphatic rings. The van der Waals surface area contributed by atoms with Gasteiger partial charge in [-0.25, -0.2) is 4.98 Å². The number of nitrogens with zero attached hydrogens (tertiary/aromatic N) is 2. The minimum absolute atomic E-state index is 0.272. The Balaban J connectivity index is 2.06. The van der Waals surface area contributed by atoms with Crippen LogP contribution in [0.3, 0.4) is 0 Å². The molecule has 1 aromatic heterocycles. The van der Waals surface area contributed by atoms with E-state index in [0.29, 0.717) is 18.5 Å². The third kappa shape index (κ3) is 3.59. The van der Waals surface area contributed by atoms with Crippen LogP contribution in [-0.2, 0) is 9.59 Å². The van der Waals surface area contributed by atoms with Crippen molar-refractivity contribution >= 4 is 23.4 Å². The second-order valence-corrected chi connectivity index (χ2v) is 5.28. The minimum atomic E-state index is -0.930. The zero-order chi connectivity index (χ0) is 15.4. The summed E-state index contributed by atoms with van der Waals surface area (Å²) in [5.41, 5.74) is 0.573. The monoisotopic (exact) mass is 289 g/mol. The Kier molecular flexibility index (Phi) is 4.57. The van der Waals surface area contributed by atoms with Crippen molar-refractivity contribution in [1.29, 1.82) is 0 Å². The maximum Gasteiger partial charge on any atom is 0.307 e. The Hall–Kier alpha value is -2.37. The van der Waals surface area contributed by atoms with Gasteiger partial charge in [0.1, 0.15) is 5.82 Å². The van der Waals surface area contributed by atoms with Gasteiger partial charge in [-0.15, -0.1) is 0 Å². The Labute approximate surface area is 123 Å². The van der Waals surface area contributed by atoms with Gasteiger partial charge in [0, 0.05) is 14.1 Å². The lowest BCUT2D eigenvalue weighted by atomic mass is 9.82. The summed E-state index contributed by atoms with van der Waals surface area (Å²) in [4.78, 5) is 29.5. The molecule has 2 N–H and O–H groups in total. The van der Waals surface area contributed by atoms with Crippen LogP contribution in [0.1, 0.15) is 12.8 Å². The van der Waals surface area contributed by atoms with Gasteiger partial charge in [0.25, 0.3) is 0 Å². The molecule has 2 rings (SSSR count). The molecule has 0 bridgehead atoms. The van der Waals surface area contributed by atoms with Crippen molar-refractivity contribution in [1.82, 2.24) is 4.98 Å². The molecule has 0 saturated carbocycles. The Morgan fingerprint density at radius 2 is 1.90 bits per heavy atom.